The maximum Gasteiger partial charge on any atom is 0.253 e. The Balaban J connectivity index is 2.01. The van der Waals surface area contributed by atoms with Gasteiger partial charge >= 0.3 is 0 Å². The molecule has 5 nitrogen and oxygen atoms in total. The summed E-state index contributed by atoms with van der Waals surface area (Å²) in [6, 6.07) is 1.47. The smallest absolute Gasteiger partial charge is 0.253 e. The summed E-state index contributed by atoms with van der Waals surface area (Å²) < 4.78 is 7.26. The second-order valence-electron chi connectivity index (χ2n) is 5.99. The van der Waals surface area contributed by atoms with E-state index < -0.39 is 6.10 Å². The molecule has 1 aromatic heterocycles. The van der Waals surface area contributed by atoms with E-state index in [1.165, 1.54) is 0 Å². The summed E-state index contributed by atoms with van der Waals surface area (Å²) in [6.07, 6.45) is 3.75. The zero-order valence-electron chi connectivity index (χ0n) is 11.7. The normalized spacial score (nSPS) is 24.2. The van der Waals surface area contributed by atoms with Crippen molar-refractivity contribution in [3.05, 3.63) is 24.0 Å². The molecule has 0 unspecified atom stereocenters. The van der Waals surface area contributed by atoms with Crippen LogP contribution in [0.3, 0.4) is 0 Å². The lowest BCUT2D eigenvalue weighted by atomic mass is 10.1. The van der Waals surface area contributed by atoms with Crippen LogP contribution in [0.1, 0.15) is 37.6 Å². The highest BCUT2D eigenvalue weighted by Gasteiger charge is 2.26. The molecule has 1 saturated heterocycles. The van der Waals surface area contributed by atoms with E-state index in [9.17, 15) is 9.90 Å². The number of carbonyl (C=O) groups is 1. The fourth-order valence-corrected chi connectivity index (χ4v) is 2.06. The highest BCUT2D eigenvalue weighted by molar-refractivity contribution is 5.94. The van der Waals surface area contributed by atoms with Gasteiger partial charge in [0.1, 0.15) is 0 Å². The molecular formula is C14H22N2O3. The first-order valence-corrected chi connectivity index (χ1v) is 6.63. The van der Waals surface area contributed by atoms with E-state index in [1.807, 2.05) is 17.0 Å². The zero-order valence-corrected chi connectivity index (χ0v) is 11.7. The van der Waals surface area contributed by atoms with Gasteiger partial charge in [-0.2, -0.15) is 0 Å². The van der Waals surface area contributed by atoms with Crippen molar-refractivity contribution in [2.45, 2.75) is 44.9 Å². The number of hydrogen-bond donors (Lipinski definition) is 2. The minimum atomic E-state index is -0.526. The number of nitrogens with one attached hydrogen (secondary N) is 1. The average molecular weight is 266 g/mol. The lowest BCUT2D eigenvalue weighted by Gasteiger charge is -2.28. The molecule has 0 radical (unpaired) electrons. The number of nitrogens with zero attached hydrogens (tertiary/aromatic N) is 1. The van der Waals surface area contributed by atoms with Gasteiger partial charge in [0.25, 0.3) is 5.91 Å². The van der Waals surface area contributed by atoms with Gasteiger partial charge in [0.15, 0.2) is 0 Å². The van der Waals surface area contributed by atoms with E-state index in [0.717, 1.165) is 0 Å². The second kappa shape index (κ2) is 5.35. The van der Waals surface area contributed by atoms with Gasteiger partial charge in [0.2, 0.25) is 0 Å². The maximum absolute atomic E-state index is 12.1. The first kappa shape index (κ1) is 14.1. The molecule has 1 aliphatic rings. The summed E-state index contributed by atoms with van der Waals surface area (Å²) in [5, 5.41) is 12.6. The van der Waals surface area contributed by atoms with Crippen molar-refractivity contribution in [2.24, 2.45) is 0 Å². The van der Waals surface area contributed by atoms with Gasteiger partial charge in [-0.05, 0) is 33.3 Å². The maximum atomic E-state index is 12.1. The molecule has 1 aromatic rings. The van der Waals surface area contributed by atoms with E-state index in [-0.39, 0.29) is 17.5 Å². The Morgan fingerprint density at radius 1 is 1.53 bits per heavy atom. The van der Waals surface area contributed by atoms with Crippen LogP contribution in [0.2, 0.25) is 0 Å². The fraction of sp³-hybridized carbons (Fsp3) is 0.643. The van der Waals surface area contributed by atoms with Crippen LogP contribution in [0.25, 0.3) is 0 Å². The molecule has 19 heavy (non-hydrogen) atoms. The topological polar surface area (TPSA) is 63.5 Å². The summed E-state index contributed by atoms with van der Waals surface area (Å²) in [4.78, 5) is 12.1. The number of aromatic nitrogens is 1. The quantitative estimate of drug-likeness (QED) is 0.843. The second-order valence-corrected chi connectivity index (χ2v) is 5.99. The third-order valence-electron chi connectivity index (χ3n) is 3.37. The molecule has 1 aliphatic heterocycles. The lowest BCUT2D eigenvalue weighted by molar-refractivity contribution is -0.0140. The van der Waals surface area contributed by atoms with Crippen molar-refractivity contribution in [1.29, 1.82) is 0 Å². The van der Waals surface area contributed by atoms with Crippen molar-refractivity contribution in [2.75, 3.05) is 13.2 Å². The Hall–Kier alpha value is -1.33. The summed E-state index contributed by atoms with van der Waals surface area (Å²) >= 11 is 0. The van der Waals surface area contributed by atoms with Crippen LogP contribution in [0.4, 0.5) is 0 Å². The van der Waals surface area contributed by atoms with Gasteiger partial charge < -0.3 is 19.7 Å². The predicted molar refractivity (Wildman–Crippen MR) is 72.1 cm³/mol. The first-order valence-electron chi connectivity index (χ1n) is 6.63. The van der Waals surface area contributed by atoms with E-state index >= 15 is 0 Å². The number of ether oxygens (including phenoxy) is 1. The molecular weight excluding hydrogens is 244 g/mol. The molecule has 2 rings (SSSR count). The minimum Gasteiger partial charge on any atom is -0.391 e. The molecule has 0 spiro atoms. The molecule has 0 saturated carbocycles. The Bertz CT molecular complexity index is 448. The van der Waals surface area contributed by atoms with Crippen molar-refractivity contribution in [3.63, 3.8) is 0 Å². The van der Waals surface area contributed by atoms with Gasteiger partial charge in [0.05, 0.1) is 24.3 Å². The Morgan fingerprint density at radius 2 is 2.26 bits per heavy atom. The summed E-state index contributed by atoms with van der Waals surface area (Å²) in [6.45, 7) is 7.15. The minimum absolute atomic E-state index is 0.0496. The standard InChI is InChI=1S/C14H22N2O3/c1-14(2,3)16-6-4-10(8-16)13(18)15-11-9-19-7-5-12(11)17/h4,6,8,11-12,17H,5,7,9H2,1-3H3,(H,15,18)/t11-,12-/m1/s1. The molecule has 1 fully saturated rings. The van der Waals surface area contributed by atoms with Gasteiger partial charge in [-0.3, -0.25) is 4.79 Å². The summed E-state index contributed by atoms with van der Waals surface area (Å²) in [5.74, 6) is -0.169. The molecule has 2 heterocycles. The van der Waals surface area contributed by atoms with Crippen LogP contribution in [-0.4, -0.2) is 40.9 Å². The van der Waals surface area contributed by atoms with Crippen LogP contribution >= 0.6 is 0 Å². The average Bonchev–Trinajstić information content (AvgIpc) is 2.81. The van der Waals surface area contributed by atoms with Crippen molar-refractivity contribution in [1.82, 2.24) is 9.88 Å². The van der Waals surface area contributed by atoms with Crippen LogP contribution in [0, 0.1) is 0 Å². The van der Waals surface area contributed by atoms with Crippen molar-refractivity contribution >= 4 is 5.91 Å². The Morgan fingerprint density at radius 3 is 2.84 bits per heavy atom. The highest BCUT2D eigenvalue weighted by Crippen LogP contribution is 2.16. The number of carbonyl (C=O) groups excluding carboxylic acids is 1. The molecule has 5 heteroatoms. The van der Waals surface area contributed by atoms with Crippen LogP contribution < -0.4 is 5.32 Å². The number of aliphatic hydroxyl groups excluding tert-OH is 1. The predicted octanol–water partition coefficient (Wildman–Crippen LogP) is 1.12. The number of amides is 1. The largest absolute Gasteiger partial charge is 0.391 e. The van der Waals surface area contributed by atoms with Gasteiger partial charge in [-0.25, -0.2) is 0 Å². The molecule has 0 bridgehead atoms. The van der Waals surface area contributed by atoms with Crippen LogP contribution in [0.5, 0.6) is 0 Å². The lowest BCUT2D eigenvalue weighted by Crippen LogP contribution is -2.49. The van der Waals surface area contributed by atoms with Crippen LogP contribution in [0.15, 0.2) is 18.5 Å². The SMILES string of the molecule is CC(C)(C)n1ccc(C(=O)N[C@@H]2COCC[C@H]2O)c1. The van der Waals surface area contributed by atoms with E-state index in [2.05, 4.69) is 26.1 Å². The molecule has 0 aliphatic carbocycles. The monoisotopic (exact) mass is 266 g/mol. The van der Waals surface area contributed by atoms with Gasteiger partial charge in [0, 0.05) is 24.5 Å². The van der Waals surface area contributed by atoms with Gasteiger partial charge in [-0.15, -0.1) is 0 Å². The summed E-state index contributed by atoms with van der Waals surface area (Å²) in [7, 11) is 0. The highest BCUT2D eigenvalue weighted by atomic mass is 16.5. The molecule has 2 N–H and O–H groups in total. The first-order chi connectivity index (χ1) is 8.88. The number of rotatable bonds is 2. The molecule has 2 atom stereocenters. The van der Waals surface area contributed by atoms with E-state index in [4.69, 9.17) is 4.74 Å². The fourth-order valence-electron chi connectivity index (χ4n) is 2.06. The summed E-state index contributed by atoms with van der Waals surface area (Å²) in [5.41, 5.74) is 0.555. The van der Waals surface area contributed by atoms with Crippen molar-refractivity contribution in [3.8, 4) is 0 Å². The molecule has 0 aromatic carbocycles. The molecule has 106 valence electrons. The number of hydrogen-bond acceptors (Lipinski definition) is 3. The Kier molecular flexibility index (Phi) is 3.96. The van der Waals surface area contributed by atoms with E-state index in [0.29, 0.717) is 25.2 Å². The number of aliphatic hydroxyl groups is 1. The Labute approximate surface area is 113 Å². The van der Waals surface area contributed by atoms with Gasteiger partial charge in [-0.1, -0.05) is 0 Å². The molecule has 1 amide bonds. The third kappa shape index (κ3) is 3.36. The van der Waals surface area contributed by atoms with Crippen LogP contribution in [-0.2, 0) is 10.3 Å². The third-order valence-corrected chi connectivity index (χ3v) is 3.37. The van der Waals surface area contributed by atoms with E-state index in [1.54, 1.807) is 6.07 Å². The van der Waals surface area contributed by atoms with Crippen molar-refractivity contribution < 1.29 is 14.6 Å². The zero-order chi connectivity index (χ0) is 14.0.